The van der Waals surface area contributed by atoms with Gasteiger partial charge in [-0.05, 0) is 17.5 Å². The highest BCUT2D eigenvalue weighted by atomic mass is 16.1. The van der Waals surface area contributed by atoms with Gasteiger partial charge in [-0.1, -0.05) is 54.6 Å². The average Bonchev–Trinajstić information content (AvgIpc) is 2.69. The smallest absolute Gasteiger partial charge is 0.170 e. The molecule has 1 nitrogen and oxygen atoms in total. The Morgan fingerprint density at radius 3 is 2.31 bits per heavy atom. The molecule has 2 aromatic rings. The highest BCUT2D eigenvalue weighted by Crippen LogP contribution is 2.33. The van der Waals surface area contributed by atoms with E-state index in [-0.39, 0.29) is 11.7 Å². The van der Waals surface area contributed by atoms with Crippen LogP contribution in [0.1, 0.15) is 27.4 Å². The first-order valence-electron chi connectivity index (χ1n) is 5.53. The van der Waals surface area contributed by atoms with Crippen LogP contribution in [0.25, 0.3) is 0 Å². The van der Waals surface area contributed by atoms with Crippen molar-refractivity contribution in [1.82, 2.24) is 0 Å². The fraction of sp³-hybridized carbons (Fsp3) is 0.133. The molecule has 1 aliphatic rings. The minimum Gasteiger partial charge on any atom is -0.293 e. The van der Waals surface area contributed by atoms with Gasteiger partial charge >= 0.3 is 0 Å². The Hall–Kier alpha value is -1.89. The van der Waals surface area contributed by atoms with Crippen molar-refractivity contribution in [2.75, 3.05) is 0 Å². The molecule has 3 rings (SSSR count). The van der Waals surface area contributed by atoms with E-state index < -0.39 is 0 Å². The minimum atomic E-state index is 0.0265. The maximum atomic E-state index is 12.2. The molecular formula is C15H12O. The second-order valence-electron chi connectivity index (χ2n) is 4.19. The van der Waals surface area contributed by atoms with Gasteiger partial charge in [0, 0.05) is 5.56 Å². The molecule has 2 aromatic carbocycles. The van der Waals surface area contributed by atoms with Gasteiger partial charge in [0.25, 0.3) is 0 Å². The largest absolute Gasteiger partial charge is 0.293 e. The third-order valence-corrected chi connectivity index (χ3v) is 3.23. The molecule has 16 heavy (non-hydrogen) atoms. The molecule has 0 unspecified atom stereocenters. The zero-order valence-corrected chi connectivity index (χ0v) is 8.89. The number of rotatable bonds is 1. The van der Waals surface area contributed by atoms with Crippen LogP contribution >= 0.6 is 0 Å². The second kappa shape index (κ2) is 3.60. The van der Waals surface area contributed by atoms with Gasteiger partial charge in [0.05, 0.1) is 5.92 Å². The molecule has 0 spiro atoms. The van der Waals surface area contributed by atoms with Gasteiger partial charge in [-0.15, -0.1) is 0 Å². The maximum absolute atomic E-state index is 12.2. The predicted molar refractivity (Wildman–Crippen MR) is 63.7 cm³/mol. The van der Waals surface area contributed by atoms with Gasteiger partial charge in [-0.3, -0.25) is 4.79 Å². The van der Waals surface area contributed by atoms with E-state index in [4.69, 9.17) is 0 Å². The molecular weight excluding hydrogens is 196 g/mol. The van der Waals surface area contributed by atoms with E-state index in [9.17, 15) is 4.79 Å². The van der Waals surface area contributed by atoms with E-state index in [0.29, 0.717) is 0 Å². The monoisotopic (exact) mass is 208 g/mol. The van der Waals surface area contributed by atoms with Crippen molar-refractivity contribution in [1.29, 1.82) is 0 Å². The van der Waals surface area contributed by atoms with Crippen LogP contribution in [0.5, 0.6) is 0 Å². The number of fused-ring (bicyclic) bond motifs is 1. The average molecular weight is 208 g/mol. The molecule has 0 amide bonds. The Morgan fingerprint density at radius 1 is 0.875 bits per heavy atom. The summed E-state index contributed by atoms with van der Waals surface area (Å²) in [5, 5.41) is 0. The first-order chi connectivity index (χ1) is 7.86. The van der Waals surface area contributed by atoms with Crippen LogP contribution in [-0.4, -0.2) is 5.78 Å². The zero-order chi connectivity index (χ0) is 11.0. The Balaban J connectivity index is 2.02. The van der Waals surface area contributed by atoms with Crippen molar-refractivity contribution >= 4 is 5.78 Å². The van der Waals surface area contributed by atoms with Gasteiger partial charge in [0.15, 0.2) is 5.78 Å². The third-order valence-electron chi connectivity index (χ3n) is 3.23. The quantitative estimate of drug-likeness (QED) is 0.703. The van der Waals surface area contributed by atoms with Gasteiger partial charge in [-0.25, -0.2) is 0 Å². The van der Waals surface area contributed by atoms with E-state index in [1.54, 1.807) is 0 Å². The van der Waals surface area contributed by atoms with Crippen LogP contribution in [0.2, 0.25) is 0 Å². The van der Waals surface area contributed by atoms with Crippen molar-refractivity contribution in [3.8, 4) is 0 Å². The molecule has 0 fully saturated rings. The standard InChI is InChI=1S/C15H12O/c16-15-13-9-5-4-8-12(13)10-14(15)11-6-2-1-3-7-11/h1-9,14H,10H2/t14-/m0/s1. The summed E-state index contributed by atoms with van der Waals surface area (Å²) in [5.74, 6) is 0.292. The molecule has 0 aliphatic heterocycles. The first-order valence-corrected chi connectivity index (χ1v) is 5.53. The van der Waals surface area contributed by atoms with Gasteiger partial charge in [-0.2, -0.15) is 0 Å². The summed E-state index contributed by atoms with van der Waals surface area (Å²) in [4.78, 5) is 12.2. The van der Waals surface area contributed by atoms with Crippen molar-refractivity contribution in [2.24, 2.45) is 0 Å². The van der Waals surface area contributed by atoms with Crippen LogP contribution in [0, 0.1) is 0 Å². The summed E-state index contributed by atoms with van der Waals surface area (Å²) in [5.41, 5.74) is 3.21. The second-order valence-corrected chi connectivity index (χ2v) is 4.19. The highest BCUT2D eigenvalue weighted by molar-refractivity contribution is 6.05. The lowest BCUT2D eigenvalue weighted by atomic mass is 9.95. The molecule has 0 bridgehead atoms. The van der Waals surface area contributed by atoms with Crippen LogP contribution < -0.4 is 0 Å². The number of ketones is 1. The lowest BCUT2D eigenvalue weighted by molar-refractivity contribution is 0.0973. The molecule has 1 aliphatic carbocycles. The number of benzene rings is 2. The van der Waals surface area contributed by atoms with Crippen LogP contribution in [0.3, 0.4) is 0 Å². The molecule has 1 atom stereocenters. The summed E-state index contributed by atoms with van der Waals surface area (Å²) >= 11 is 0. The number of Topliss-reactive ketones (excluding diaryl/α,β-unsaturated/α-hetero) is 1. The van der Waals surface area contributed by atoms with E-state index >= 15 is 0 Å². The lowest BCUT2D eigenvalue weighted by Crippen LogP contribution is -2.06. The van der Waals surface area contributed by atoms with Gasteiger partial charge in [0.1, 0.15) is 0 Å². The Kier molecular flexibility index (Phi) is 2.10. The zero-order valence-electron chi connectivity index (χ0n) is 8.89. The van der Waals surface area contributed by atoms with Crippen molar-refractivity contribution in [3.63, 3.8) is 0 Å². The molecule has 0 saturated heterocycles. The maximum Gasteiger partial charge on any atom is 0.170 e. The fourth-order valence-electron chi connectivity index (χ4n) is 2.39. The molecule has 0 N–H and O–H groups in total. The van der Waals surface area contributed by atoms with E-state index in [1.807, 2.05) is 48.5 Å². The Labute approximate surface area is 94.7 Å². The van der Waals surface area contributed by atoms with E-state index in [1.165, 1.54) is 5.56 Å². The number of carbonyl (C=O) groups is 1. The molecule has 0 aromatic heterocycles. The predicted octanol–water partition coefficient (Wildman–Crippen LogP) is 3.21. The first kappa shape index (κ1) is 9.34. The van der Waals surface area contributed by atoms with Crippen LogP contribution in [0.4, 0.5) is 0 Å². The topological polar surface area (TPSA) is 17.1 Å². The molecule has 1 heteroatoms. The van der Waals surface area contributed by atoms with Crippen molar-refractivity contribution in [3.05, 3.63) is 71.3 Å². The highest BCUT2D eigenvalue weighted by Gasteiger charge is 2.30. The Morgan fingerprint density at radius 2 is 1.56 bits per heavy atom. The summed E-state index contributed by atoms with van der Waals surface area (Å²) in [6.07, 6.45) is 0.846. The molecule has 0 saturated carbocycles. The van der Waals surface area contributed by atoms with Crippen molar-refractivity contribution in [2.45, 2.75) is 12.3 Å². The lowest BCUT2D eigenvalue weighted by Gasteiger charge is -2.07. The molecule has 0 radical (unpaired) electrons. The Bertz CT molecular complexity index is 528. The summed E-state index contributed by atoms with van der Waals surface area (Å²) in [6.45, 7) is 0. The number of carbonyl (C=O) groups excluding carboxylic acids is 1. The SMILES string of the molecule is O=C1c2ccccc2C[C@H]1c1ccccc1. The molecule has 0 heterocycles. The summed E-state index contributed by atoms with van der Waals surface area (Å²) in [6, 6.07) is 18.0. The van der Waals surface area contributed by atoms with E-state index in [2.05, 4.69) is 6.07 Å². The number of hydrogen-bond donors (Lipinski definition) is 0. The number of hydrogen-bond acceptors (Lipinski definition) is 1. The molecule has 78 valence electrons. The summed E-state index contributed by atoms with van der Waals surface area (Å²) in [7, 11) is 0. The van der Waals surface area contributed by atoms with E-state index in [0.717, 1.165) is 17.5 Å². The normalized spacial score (nSPS) is 18.5. The minimum absolute atomic E-state index is 0.0265. The van der Waals surface area contributed by atoms with Crippen LogP contribution in [0.15, 0.2) is 54.6 Å². The fourth-order valence-corrected chi connectivity index (χ4v) is 2.39. The third kappa shape index (κ3) is 1.36. The summed E-state index contributed by atoms with van der Waals surface area (Å²) < 4.78 is 0. The van der Waals surface area contributed by atoms with Gasteiger partial charge in [0.2, 0.25) is 0 Å². The van der Waals surface area contributed by atoms with Crippen LogP contribution in [-0.2, 0) is 6.42 Å². The van der Waals surface area contributed by atoms with Gasteiger partial charge < -0.3 is 0 Å². The van der Waals surface area contributed by atoms with Crippen molar-refractivity contribution < 1.29 is 4.79 Å².